The van der Waals surface area contributed by atoms with Gasteiger partial charge < -0.3 is 10.8 Å². The van der Waals surface area contributed by atoms with Crippen LogP contribution in [0, 0.1) is 0 Å². The minimum absolute atomic E-state index is 0.111. The Bertz CT molecular complexity index is 113. The van der Waals surface area contributed by atoms with Crippen LogP contribution in [0.5, 0.6) is 0 Å². The molecule has 0 aliphatic heterocycles. The highest BCUT2D eigenvalue weighted by molar-refractivity contribution is 4.79. The Balaban J connectivity index is 3.70. The van der Waals surface area contributed by atoms with Crippen molar-refractivity contribution >= 4 is 0 Å². The van der Waals surface area contributed by atoms with Crippen molar-refractivity contribution < 1.29 is 5.11 Å². The smallest absolute Gasteiger partial charge is 0.0592 e. The van der Waals surface area contributed by atoms with Gasteiger partial charge in [0.05, 0.1) is 5.60 Å². The van der Waals surface area contributed by atoms with Gasteiger partial charge in [-0.05, 0) is 40.0 Å². The molecule has 2 heteroatoms. The maximum atomic E-state index is 9.42. The predicted octanol–water partition coefficient (Wildman–Crippen LogP) is 1.66. The lowest BCUT2D eigenvalue weighted by atomic mass is 9.89. The highest BCUT2D eigenvalue weighted by Crippen LogP contribution is 2.19. The van der Waals surface area contributed by atoms with Gasteiger partial charge in [-0.1, -0.05) is 6.92 Å². The third-order valence-corrected chi connectivity index (χ3v) is 2.12. The Kier molecular flexibility index (Phi) is 3.52. The maximum absolute atomic E-state index is 9.42. The highest BCUT2D eigenvalue weighted by atomic mass is 16.3. The molecule has 11 heavy (non-hydrogen) atoms. The van der Waals surface area contributed by atoms with Crippen molar-refractivity contribution in [1.29, 1.82) is 0 Å². The minimum Gasteiger partial charge on any atom is -0.390 e. The number of rotatable bonds is 4. The van der Waals surface area contributed by atoms with E-state index in [1.54, 1.807) is 0 Å². The molecule has 0 heterocycles. The third-order valence-electron chi connectivity index (χ3n) is 2.12. The molecule has 1 unspecified atom stereocenters. The summed E-state index contributed by atoms with van der Waals surface area (Å²) in [6.07, 6.45) is 2.62. The summed E-state index contributed by atoms with van der Waals surface area (Å²) in [6, 6.07) is 0. The average Bonchev–Trinajstić information content (AvgIpc) is 1.83. The molecule has 3 N–H and O–H groups in total. The lowest BCUT2D eigenvalue weighted by Gasteiger charge is -2.26. The quantitative estimate of drug-likeness (QED) is 0.655. The van der Waals surface area contributed by atoms with Crippen LogP contribution >= 0.6 is 0 Å². The molecule has 0 aliphatic carbocycles. The zero-order valence-electron chi connectivity index (χ0n) is 8.15. The Morgan fingerprint density at radius 1 is 1.18 bits per heavy atom. The first-order valence-electron chi connectivity index (χ1n) is 4.28. The van der Waals surface area contributed by atoms with Gasteiger partial charge in [-0.25, -0.2) is 0 Å². The molecule has 1 atom stereocenters. The second-order valence-corrected chi connectivity index (χ2v) is 4.32. The second-order valence-electron chi connectivity index (χ2n) is 4.32. The second kappa shape index (κ2) is 3.55. The largest absolute Gasteiger partial charge is 0.390 e. The van der Waals surface area contributed by atoms with E-state index in [4.69, 9.17) is 5.73 Å². The first kappa shape index (κ1) is 10.9. The Labute approximate surface area is 69.8 Å². The lowest BCUT2D eigenvalue weighted by molar-refractivity contribution is 0.0618. The van der Waals surface area contributed by atoms with Crippen molar-refractivity contribution in [2.24, 2.45) is 5.73 Å². The summed E-state index contributed by atoms with van der Waals surface area (Å²) < 4.78 is 0. The van der Waals surface area contributed by atoms with Crippen molar-refractivity contribution in [2.75, 3.05) is 0 Å². The number of hydrogen-bond acceptors (Lipinski definition) is 2. The fourth-order valence-corrected chi connectivity index (χ4v) is 0.768. The lowest BCUT2D eigenvalue weighted by Crippen LogP contribution is -2.37. The summed E-state index contributed by atoms with van der Waals surface area (Å²) in [4.78, 5) is 0. The minimum atomic E-state index is -0.574. The Morgan fingerprint density at radius 3 is 1.91 bits per heavy atom. The molecule has 0 radical (unpaired) electrons. The molecule has 0 amide bonds. The molecule has 0 rings (SSSR count). The van der Waals surface area contributed by atoms with E-state index in [1.165, 1.54) is 0 Å². The fourth-order valence-electron chi connectivity index (χ4n) is 0.768. The Morgan fingerprint density at radius 2 is 1.64 bits per heavy atom. The predicted molar refractivity (Wildman–Crippen MR) is 48.4 cm³/mol. The van der Waals surface area contributed by atoms with Crippen molar-refractivity contribution in [2.45, 2.75) is 58.1 Å². The number of aliphatic hydroxyl groups is 1. The number of nitrogens with two attached hydrogens (primary N) is 1. The van der Waals surface area contributed by atoms with Gasteiger partial charge in [-0.3, -0.25) is 0 Å². The van der Waals surface area contributed by atoms with Crippen LogP contribution in [0.3, 0.4) is 0 Å². The summed E-state index contributed by atoms with van der Waals surface area (Å²) in [5.41, 5.74) is 5.23. The van der Waals surface area contributed by atoms with E-state index in [0.29, 0.717) is 0 Å². The molecule has 0 aromatic heterocycles. The van der Waals surface area contributed by atoms with Gasteiger partial charge in [0.15, 0.2) is 0 Å². The summed E-state index contributed by atoms with van der Waals surface area (Å²) >= 11 is 0. The number of hydrogen-bond donors (Lipinski definition) is 2. The zero-order valence-corrected chi connectivity index (χ0v) is 8.15. The fraction of sp³-hybridized carbons (Fsp3) is 1.00. The van der Waals surface area contributed by atoms with Gasteiger partial charge in [0.2, 0.25) is 0 Å². The summed E-state index contributed by atoms with van der Waals surface area (Å²) in [5.74, 6) is 0. The van der Waals surface area contributed by atoms with Crippen molar-refractivity contribution in [3.8, 4) is 0 Å². The van der Waals surface area contributed by atoms with E-state index < -0.39 is 5.60 Å². The van der Waals surface area contributed by atoms with Crippen LogP contribution in [-0.2, 0) is 0 Å². The van der Waals surface area contributed by atoms with Crippen LogP contribution in [0.25, 0.3) is 0 Å². The van der Waals surface area contributed by atoms with Gasteiger partial charge in [0.25, 0.3) is 0 Å². The van der Waals surface area contributed by atoms with Crippen LogP contribution < -0.4 is 5.73 Å². The average molecular weight is 159 g/mol. The molecule has 0 saturated heterocycles. The van der Waals surface area contributed by atoms with Crippen LogP contribution in [0.4, 0.5) is 0 Å². The van der Waals surface area contributed by atoms with Crippen LogP contribution in [0.2, 0.25) is 0 Å². The molecule has 0 aromatic rings. The molecule has 68 valence electrons. The van der Waals surface area contributed by atoms with Crippen molar-refractivity contribution in [3.05, 3.63) is 0 Å². The standard InChI is InChI=1S/C9H21NO/c1-5-9(4,10)7-6-8(2,3)11/h11H,5-7,10H2,1-4H3. The van der Waals surface area contributed by atoms with Gasteiger partial charge >= 0.3 is 0 Å². The van der Waals surface area contributed by atoms with E-state index in [0.717, 1.165) is 19.3 Å². The molecule has 0 spiro atoms. The highest BCUT2D eigenvalue weighted by Gasteiger charge is 2.20. The molecule has 0 fully saturated rings. The van der Waals surface area contributed by atoms with E-state index in [1.807, 2.05) is 20.8 Å². The SMILES string of the molecule is CCC(C)(N)CCC(C)(C)O. The normalized spacial score (nSPS) is 18.0. The van der Waals surface area contributed by atoms with Crippen LogP contribution in [0.1, 0.15) is 47.0 Å². The maximum Gasteiger partial charge on any atom is 0.0592 e. The van der Waals surface area contributed by atoms with Gasteiger partial charge in [0, 0.05) is 5.54 Å². The van der Waals surface area contributed by atoms with E-state index in [9.17, 15) is 5.11 Å². The molecule has 0 saturated carbocycles. The molecular weight excluding hydrogens is 138 g/mol. The zero-order chi connectivity index (χ0) is 9.12. The van der Waals surface area contributed by atoms with Crippen molar-refractivity contribution in [3.63, 3.8) is 0 Å². The summed E-state index contributed by atoms with van der Waals surface area (Å²) in [6.45, 7) is 7.74. The van der Waals surface area contributed by atoms with Crippen LogP contribution in [-0.4, -0.2) is 16.2 Å². The van der Waals surface area contributed by atoms with E-state index >= 15 is 0 Å². The van der Waals surface area contributed by atoms with E-state index in [-0.39, 0.29) is 5.54 Å². The summed E-state index contributed by atoms with van der Waals surface area (Å²) in [7, 11) is 0. The van der Waals surface area contributed by atoms with Crippen molar-refractivity contribution in [1.82, 2.24) is 0 Å². The molecule has 0 aliphatic rings. The van der Waals surface area contributed by atoms with Gasteiger partial charge in [0.1, 0.15) is 0 Å². The molecule has 0 aromatic carbocycles. The first-order chi connectivity index (χ1) is 4.77. The molecule has 0 bridgehead atoms. The topological polar surface area (TPSA) is 46.2 Å². The third kappa shape index (κ3) is 6.32. The first-order valence-corrected chi connectivity index (χ1v) is 4.28. The summed E-state index contributed by atoms with van der Waals surface area (Å²) in [5, 5.41) is 9.42. The van der Waals surface area contributed by atoms with Crippen LogP contribution in [0.15, 0.2) is 0 Å². The monoisotopic (exact) mass is 159 g/mol. The molecule has 2 nitrogen and oxygen atoms in total. The van der Waals surface area contributed by atoms with E-state index in [2.05, 4.69) is 6.92 Å². The molecular formula is C9H21NO. The van der Waals surface area contributed by atoms with Gasteiger partial charge in [-0.15, -0.1) is 0 Å². The van der Waals surface area contributed by atoms with Gasteiger partial charge in [-0.2, -0.15) is 0 Å². The Hall–Kier alpha value is -0.0800.